The number of phenolic OH excluding ortho intramolecular Hbond substituents is 1. The van der Waals surface area contributed by atoms with Crippen LogP contribution in [0.3, 0.4) is 0 Å². The van der Waals surface area contributed by atoms with E-state index in [0.29, 0.717) is 0 Å². The summed E-state index contributed by atoms with van der Waals surface area (Å²) >= 11 is 2.06. The summed E-state index contributed by atoms with van der Waals surface area (Å²) in [6.45, 7) is 1.55. The van der Waals surface area contributed by atoms with Crippen LogP contribution in [0.2, 0.25) is 0 Å². The first-order chi connectivity index (χ1) is 7.04. The lowest BCUT2D eigenvalue weighted by atomic mass is 10.2. The standard InChI is InChI=1S/C10H12INO3/c1-6(5-13)12-10(15)8-4-7(11)2-3-9(8)14/h2-4,6,13-14H,5H2,1H3,(H,12,15)/t6-/m0/s1. The number of hydrogen-bond acceptors (Lipinski definition) is 3. The molecule has 0 fully saturated rings. The van der Waals surface area contributed by atoms with Crippen molar-refractivity contribution in [3.63, 3.8) is 0 Å². The lowest BCUT2D eigenvalue weighted by molar-refractivity contribution is 0.0919. The number of benzene rings is 1. The monoisotopic (exact) mass is 321 g/mol. The Hall–Kier alpha value is -0.820. The van der Waals surface area contributed by atoms with Gasteiger partial charge in [0.05, 0.1) is 12.2 Å². The molecule has 0 aromatic heterocycles. The molecule has 3 N–H and O–H groups in total. The molecule has 0 aliphatic rings. The van der Waals surface area contributed by atoms with Crippen LogP contribution in [0, 0.1) is 3.57 Å². The normalized spacial score (nSPS) is 12.2. The molecule has 4 nitrogen and oxygen atoms in total. The van der Waals surface area contributed by atoms with Gasteiger partial charge in [-0.1, -0.05) is 0 Å². The van der Waals surface area contributed by atoms with Crippen LogP contribution < -0.4 is 5.32 Å². The van der Waals surface area contributed by atoms with E-state index in [0.717, 1.165) is 3.57 Å². The van der Waals surface area contributed by atoms with Gasteiger partial charge in [0.1, 0.15) is 5.75 Å². The van der Waals surface area contributed by atoms with Gasteiger partial charge < -0.3 is 15.5 Å². The Morgan fingerprint density at radius 3 is 2.87 bits per heavy atom. The maximum Gasteiger partial charge on any atom is 0.255 e. The number of amides is 1. The van der Waals surface area contributed by atoms with Gasteiger partial charge >= 0.3 is 0 Å². The third-order valence-electron chi connectivity index (χ3n) is 1.85. The summed E-state index contributed by atoms with van der Waals surface area (Å²) in [7, 11) is 0. The van der Waals surface area contributed by atoms with Crippen molar-refractivity contribution in [2.75, 3.05) is 6.61 Å². The molecule has 82 valence electrons. The van der Waals surface area contributed by atoms with Gasteiger partial charge in [0.2, 0.25) is 0 Å². The van der Waals surface area contributed by atoms with Crippen molar-refractivity contribution in [2.24, 2.45) is 0 Å². The highest BCUT2D eigenvalue weighted by atomic mass is 127. The molecule has 0 radical (unpaired) electrons. The fraction of sp³-hybridized carbons (Fsp3) is 0.300. The Balaban J connectivity index is 2.86. The number of phenols is 1. The summed E-state index contributed by atoms with van der Waals surface area (Å²) in [4.78, 5) is 11.6. The fourth-order valence-electron chi connectivity index (χ4n) is 1.04. The van der Waals surface area contributed by atoms with Gasteiger partial charge in [0.25, 0.3) is 5.91 Å². The highest BCUT2D eigenvalue weighted by molar-refractivity contribution is 14.1. The van der Waals surface area contributed by atoms with Crippen molar-refractivity contribution in [3.05, 3.63) is 27.3 Å². The summed E-state index contributed by atoms with van der Waals surface area (Å²) in [6, 6.07) is 4.45. The van der Waals surface area contributed by atoms with E-state index in [4.69, 9.17) is 5.11 Å². The Labute approximate surface area is 101 Å². The number of nitrogens with one attached hydrogen (secondary N) is 1. The molecule has 0 bridgehead atoms. The second kappa shape index (κ2) is 5.32. The predicted octanol–water partition coefficient (Wildman–Crippen LogP) is 1.11. The van der Waals surface area contributed by atoms with E-state index in [9.17, 15) is 9.90 Å². The number of aromatic hydroxyl groups is 1. The zero-order valence-electron chi connectivity index (χ0n) is 8.20. The zero-order chi connectivity index (χ0) is 11.4. The quantitative estimate of drug-likeness (QED) is 0.731. The van der Waals surface area contributed by atoms with E-state index >= 15 is 0 Å². The number of halogens is 1. The molecular formula is C10H12INO3. The molecule has 0 spiro atoms. The van der Waals surface area contributed by atoms with Crippen LogP contribution in [0.1, 0.15) is 17.3 Å². The minimum atomic E-state index is -0.382. The molecule has 0 unspecified atom stereocenters. The van der Waals surface area contributed by atoms with Gasteiger partial charge in [-0.3, -0.25) is 4.79 Å². The van der Waals surface area contributed by atoms with Crippen molar-refractivity contribution in [3.8, 4) is 5.75 Å². The van der Waals surface area contributed by atoms with Crippen LogP contribution in [0.15, 0.2) is 18.2 Å². The predicted molar refractivity (Wildman–Crippen MR) is 64.8 cm³/mol. The molecule has 1 atom stereocenters. The number of rotatable bonds is 3. The van der Waals surface area contributed by atoms with Crippen LogP contribution in [0.4, 0.5) is 0 Å². The molecule has 1 amide bonds. The maximum atomic E-state index is 11.6. The highest BCUT2D eigenvalue weighted by Gasteiger charge is 2.13. The Bertz CT molecular complexity index is 368. The minimum absolute atomic E-state index is 0.0574. The topological polar surface area (TPSA) is 69.6 Å². The lowest BCUT2D eigenvalue weighted by Crippen LogP contribution is -2.35. The van der Waals surface area contributed by atoms with E-state index < -0.39 is 0 Å². The second-order valence-electron chi connectivity index (χ2n) is 3.22. The molecule has 0 heterocycles. The molecule has 1 rings (SSSR count). The molecule has 0 aliphatic carbocycles. The van der Waals surface area contributed by atoms with Crippen LogP contribution in [-0.4, -0.2) is 28.8 Å². The molecule has 5 heteroatoms. The molecule has 1 aromatic rings. The smallest absolute Gasteiger partial charge is 0.255 e. The second-order valence-corrected chi connectivity index (χ2v) is 4.46. The SMILES string of the molecule is C[C@@H](CO)NC(=O)c1cc(I)ccc1O. The van der Waals surface area contributed by atoms with E-state index in [-0.39, 0.29) is 29.9 Å². The van der Waals surface area contributed by atoms with Crippen molar-refractivity contribution >= 4 is 28.5 Å². The molecule has 0 saturated heterocycles. The molecule has 0 saturated carbocycles. The van der Waals surface area contributed by atoms with Crippen molar-refractivity contribution < 1.29 is 15.0 Å². The van der Waals surface area contributed by atoms with Crippen molar-refractivity contribution in [1.82, 2.24) is 5.32 Å². The van der Waals surface area contributed by atoms with Crippen molar-refractivity contribution in [1.29, 1.82) is 0 Å². The number of carbonyl (C=O) groups is 1. The van der Waals surface area contributed by atoms with E-state index in [1.165, 1.54) is 6.07 Å². The van der Waals surface area contributed by atoms with Crippen LogP contribution in [-0.2, 0) is 0 Å². The lowest BCUT2D eigenvalue weighted by Gasteiger charge is -2.11. The highest BCUT2D eigenvalue weighted by Crippen LogP contribution is 2.19. The van der Waals surface area contributed by atoms with E-state index in [1.54, 1.807) is 19.1 Å². The number of hydrogen-bond donors (Lipinski definition) is 3. The first kappa shape index (κ1) is 12.3. The first-order valence-electron chi connectivity index (χ1n) is 4.45. The molecule has 15 heavy (non-hydrogen) atoms. The summed E-state index contributed by atoms with van der Waals surface area (Å²) in [5.41, 5.74) is 0.224. The number of carbonyl (C=O) groups excluding carboxylic acids is 1. The van der Waals surface area contributed by atoms with Crippen molar-refractivity contribution in [2.45, 2.75) is 13.0 Å². The van der Waals surface area contributed by atoms with Gasteiger partial charge in [0, 0.05) is 9.61 Å². The Morgan fingerprint density at radius 2 is 2.27 bits per heavy atom. The Kier molecular flexibility index (Phi) is 4.34. The van der Waals surface area contributed by atoms with Gasteiger partial charge in [-0.2, -0.15) is 0 Å². The average molecular weight is 321 g/mol. The maximum absolute atomic E-state index is 11.6. The largest absolute Gasteiger partial charge is 0.507 e. The zero-order valence-corrected chi connectivity index (χ0v) is 10.4. The molecular weight excluding hydrogens is 309 g/mol. The Morgan fingerprint density at radius 1 is 1.60 bits per heavy atom. The van der Waals surface area contributed by atoms with Gasteiger partial charge in [0.15, 0.2) is 0 Å². The summed E-state index contributed by atoms with van der Waals surface area (Å²) in [5, 5.41) is 20.8. The van der Waals surface area contributed by atoms with E-state index in [1.807, 2.05) is 0 Å². The van der Waals surface area contributed by atoms with Gasteiger partial charge in [-0.25, -0.2) is 0 Å². The van der Waals surface area contributed by atoms with E-state index in [2.05, 4.69) is 27.9 Å². The third-order valence-corrected chi connectivity index (χ3v) is 2.53. The van der Waals surface area contributed by atoms with Crippen LogP contribution >= 0.6 is 22.6 Å². The fourth-order valence-corrected chi connectivity index (χ4v) is 1.53. The van der Waals surface area contributed by atoms with Gasteiger partial charge in [-0.05, 0) is 47.7 Å². The van der Waals surface area contributed by atoms with Crippen LogP contribution in [0.5, 0.6) is 5.75 Å². The first-order valence-corrected chi connectivity index (χ1v) is 5.52. The summed E-state index contributed by atoms with van der Waals surface area (Å²) in [5.74, 6) is -0.439. The van der Waals surface area contributed by atoms with Gasteiger partial charge in [-0.15, -0.1) is 0 Å². The van der Waals surface area contributed by atoms with Crippen LogP contribution in [0.25, 0.3) is 0 Å². The molecule has 0 aliphatic heterocycles. The summed E-state index contributed by atoms with van der Waals surface area (Å²) < 4.78 is 0.868. The summed E-state index contributed by atoms with van der Waals surface area (Å²) in [6.07, 6.45) is 0. The minimum Gasteiger partial charge on any atom is -0.507 e. The average Bonchev–Trinajstić information content (AvgIpc) is 2.21. The number of aliphatic hydroxyl groups excluding tert-OH is 1. The molecule has 1 aromatic carbocycles. The number of aliphatic hydroxyl groups is 1. The third kappa shape index (κ3) is 3.35.